The van der Waals surface area contributed by atoms with Crippen molar-refractivity contribution < 1.29 is 18.6 Å². The molecule has 21 heavy (non-hydrogen) atoms. The number of rotatable bonds is 4. The van der Waals surface area contributed by atoms with Crippen molar-refractivity contribution in [2.24, 2.45) is 0 Å². The molecule has 0 aromatic heterocycles. The molecule has 0 fully saturated rings. The van der Waals surface area contributed by atoms with Crippen LogP contribution in [-0.4, -0.2) is 13.9 Å². The van der Waals surface area contributed by atoms with Gasteiger partial charge in [-0.15, -0.1) is 0 Å². The molecule has 0 aliphatic carbocycles. The third-order valence-corrected chi connectivity index (χ3v) is 3.36. The van der Waals surface area contributed by atoms with Crippen molar-refractivity contribution >= 4 is 17.3 Å². The van der Waals surface area contributed by atoms with Gasteiger partial charge in [0, 0.05) is 11.6 Å². The van der Waals surface area contributed by atoms with Crippen LogP contribution < -0.4 is 19.5 Å². The van der Waals surface area contributed by atoms with Gasteiger partial charge in [0.2, 0.25) is 12.5 Å². The first-order chi connectivity index (χ1) is 10.2. The summed E-state index contributed by atoms with van der Waals surface area (Å²) in [6, 6.07) is 8.03. The van der Waals surface area contributed by atoms with Crippen LogP contribution >= 0.6 is 11.6 Å². The number of benzene rings is 2. The van der Waals surface area contributed by atoms with E-state index in [1.54, 1.807) is 13.2 Å². The van der Waals surface area contributed by atoms with Gasteiger partial charge in [-0.1, -0.05) is 11.6 Å². The Morgan fingerprint density at radius 3 is 2.95 bits per heavy atom. The number of halogens is 2. The van der Waals surface area contributed by atoms with Crippen LogP contribution in [-0.2, 0) is 6.54 Å². The van der Waals surface area contributed by atoms with Crippen LogP contribution in [0.4, 0.5) is 10.1 Å². The van der Waals surface area contributed by atoms with Crippen molar-refractivity contribution in [1.82, 2.24) is 0 Å². The van der Waals surface area contributed by atoms with Gasteiger partial charge in [-0.25, -0.2) is 4.39 Å². The molecule has 0 bridgehead atoms. The van der Waals surface area contributed by atoms with E-state index in [2.05, 4.69) is 5.32 Å². The van der Waals surface area contributed by atoms with E-state index in [0.29, 0.717) is 34.5 Å². The van der Waals surface area contributed by atoms with E-state index >= 15 is 0 Å². The molecule has 0 saturated carbocycles. The van der Waals surface area contributed by atoms with Crippen LogP contribution in [0.1, 0.15) is 5.56 Å². The Morgan fingerprint density at radius 1 is 1.29 bits per heavy atom. The zero-order valence-corrected chi connectivity index (χ0v) is 12.0. The van der Waals surface area contributed by atoms with Crippen LogP contribution in [0.3, 0.4) is 0 Å². The number of fused-ring (bicyclic) bond motifs is 1. The van der Waals surface area contributed by atoms with Gasteiger partial charge in [0.1, 0.15) is 5.82 Å². The minimum absolute atomic E-state index is 0.172. The van der Waals surface area contributed by atoms with E-state index in [0.717, 1.165) is 5.56 Å². The second kappa shape index (κ2) is 5.69. The molecular formula is C15H13ClFNO3. The molecule has 2 aromatic rings. The first-order valence-corrected chi connectivity index (χ1v) is 6.70. The van der Waals surface area contributed by atoms with Gasteiger partial charge in [-0.3, -0.25) is 0 Å². The summed E-state index contributed by atoms with van der Waals surface area (Å²) in [5, 5.41) is 3.48. The Bertz CT molecular complexity index is 678. The normalized spacial score (nSPS) is 12.3. The smallest absolute Gasteiger partial charge is 0.231 e. The monoisotopic (exact) mass is 309 g/mol. The van der Waals surface area contributed by atoms with Crippen molar-refractivity contribution in [2.75, 3.05) is 19.2 Å². The van der Waals surface area contributed by atoms with Gasteiger partial charge < -0.3 is 19.5 Å². The molecule has 1 aliphatic heterocycles. The van der Waals surface area contributed by atoms with Gasteiger partial charge in [-0.2, -0.15) is 0 Å². The topological polar surface area (TPSA) is 39.7 Å². The molecule has 0 saturated heterocycles. The SMILES string of the molecule is COc1cc(CNc2cc(Cl)ccc2F)cc2c1OCO2. The summed E-state index contributed by atoms with van der Waals surface area (Å²) in [6.07, 6.45) is 0. The number of anilines is 1. The molecule has 0 spiro atoms. The number of methoxy groups -OCH3 is 1. The largest absolute Gasteiger partial charge is 0.493 e. The molecule has 0 radical (unpaired) electrons. The highest BCUT2D eigenvalue weighted by Gasteiger charge is 2.20. The van der Waals surface area contributed by atoms with Crippen molar-refractivity contribution in [3.8, 4) is 17.2 Å². The van der Waals surface area contributed by atoms with Gasteiger partial charge in [-0.05, 0) is 35.9 Å². The minimum atomic E-state index is -0.355. The molecule has 6 heteroatoms. The fourth-order valence-electron chi connectivity index (χ4n) is 2.12. The predicted molar refractivity (Wildman–Crippen MR) is 77.9 cm³/mol. The molecule has 1 N–H and O–H groups in total. The van der Waals surface area contributed by atoms with Crippen molar-refractivity contribution in [3.05, 3.63) is 46.7 Å². The standard InChI is InChI=1S/C15H13ClFNO3/c1-19-13-4-9(5-14-15(13)21-8-20-14)7-18-12-6-10(16)2-3-11(12)17/h2-6,18H,7-8H2,1H3. The summed E-state index contributed by atoms with van der Waals surface area (Å²) in [5.41, 5.74) is 1.23. The Hall–Kier alpha value is -2.14. The molecule has 4 nitrogen and oxygen atoms in total. The summed E-state index contributed by atoms with van der Waals surface area (Å²) in [5.74, 6) is 1.45. The van der Waals surface area contributed by atoms with Gasteiger partial charge in [0.15, 0.2) is 11.5 Å². The number of nitrogens with one attached hydrogen (secondary N) is 1. The molecule has 0 amide bonds. The first-order valence-electron chi connectivity index (χ1n) is 6.33. The Kier molecular flexibility index (Phi) is 3.75. The molecule has 0 atom stereocenters. The lowest BCUT2D eigenvalue weighted by atomic mass is 10.1. The molecule has 2 aromatic carbocycles. The van der Waals surface area contributed by atoms with Crippen LogP contribution in [0, 0.1) is 5.82 Å². The van der Waals surface area contributed by atoms with E-state index in [4.69, 9.17) is 25.8 Å². The molecule has 1 heterocycles. The summed E-state index contributed by atoms with van der Waals surface area (Å²) >= 11 is 5.86. The van der Waals surface area contributed by atoms with Gasteiger partial charge in [0.25, 0.3) is 0 Å². The number of hydrogen-bond acceptors (Lipinski definition) is 4. The molecule has 110 valence electrons. The van der Waals surface area contributed by atoms with Crippen molar-refractivity contribution in [3.63, 3.8) is 0 Å². The molecule has 1 aliphatic rings. The lowest BCUT2D eigenvalue weighted by Crippen LogP contribution is -2.02. The highest BCUT2D eigenvalue weighted by atomic mass is 35.5. The van der Waals surface area contributed by atoms with Crippen LogP contribution in [0.25, 0.3) is 0 Å². The van der Waals surface area contributed by atoms with Crippen molar-refractivity contribution in [2.45, 2.75) is 6.54 Å². The van der Waals surface area contributed by atoms with Crippen molar-refractivity contribution in [1.29, 1.82) is 0 Å². The lowest BCUT2D eigenvalue weighted by Gasteiger charge is -2.11. The van der Waals surface area contributed by atoms with E-state index in [-0.39, 0.29) is 12.6 Å². The quantitative estimate of drug-likeness (QED) is 0.932. The fourth-order valence-corrected chi connectivity index (χ4v) is 2.29. The van der Waals surface area contributed by atoms with Gasteiger partial charge in [0.05, 0.1) is 12.8 Å². The summed E-state index contributed by atoms with van der Waals surface area (Å²) in [6.45, 7) is 0.579. The zero-order chi connectivity index (χ0) is 14.8. The average molecular weight is 310 g/mol. The van der Waals surface area contributed by atoms with Crippen LogP contribution in [0.2, 0.25) is 5.02 Å². The van der Waals surface area contributed by atoms with E-state index < -0.39 is 0 Å². The summed E-state index contributed by atoms with van der Waals surface area (Å²) in [7, 11) is 1.56. The number of ether oxygens (including phenoxy) is 3. The van der Waals surface area contributed by atoms with Gasteiger partial charge >= 0.3 is 0 Å². The maximum atomic E-state index is 13.6. The predicted octanol–water partition coefficient (Wildman–Crippen LogP) is 3.83. The highest BCUT2D eigenvalue weighted by Crippen LogP contribution is 2.41. The zero-order valence-electron chi connectivity index (χ0n) is 11.3. The first kappa shape index (κ1) is 13.8. The van der Waals surface area contributed by atoms with E-state index in [1.165, 1.54) is 12.1 Å². The second-order valence-electron chi connectivity index (χ2n) is 4.51. The molecule has 3 rings (SSSR count). The number of hydrogen-bond donors (Lipinski definition) is 1. The summed E-state index contributed by atoms with van der Waals surface area (Å²) < 4.78 is 29.6. The fraction of sp³-hybridized carbons (Fsp3) is 0.200. The van der Waals surface area contributed by atoms with Crippen LogP contribution in [0.15, 0.2) is 30.3 Å². The lowest BCUT2D eigenvalue weighted by molar-refractivity contribution is 0.171. The third-order valence-electron chi connectivity index (χ3n) is 3.13. The maximum Gasteiger partial charge on any atom is 0.231 e. The average Bonchev–Trinajstić information content (AvgIpc) is 2.95. The minimum Gasteiger partial charge on any atom is -0.493 e. The Morgan fingerprint density at radius 2 is 2.14 bits per heavy atom. The molecule has 0 unspecified atom stereocenters. The Labute approximate surface area is 126 Å². The van der Waals surface area contributed by atoms with Crippen LogP contribution in [0.5, 0.6) is 17.2 Å². The maximum absolute atomic E-state index is 13.6. The Balaban J connectivity index is 1.81. The highest BCUT2D eigenvalue weighted by molar-refractivity contribution is 6.30. The van der Waals surface area contributed by atoms with E-state index in [1.807, 2.05) is 12.1 Å². The second-order valence-corrected chi connectivity index (χ2v) is 4.95. The molecular weight excluding hydrogens is 297 g/mol. The third kappa shape index (κ3) is 2.83. The summed E-state index contributed by atoms with van der Waals surface area (Å²) in [4.78, 5) is 0. The van der Waals surface area contributed by atoms with E-state index in [9.17, 15) is 4.39 Å².